The number of hydrogen-bond donors (Lipinski definition) is 0. The number of rotatable bonds is 14. The minimum Gasteiger partial charge on any atom is -0.324 e. The highest BCUT2D eigenvalue weighted by atomic mass is 31.2. The summed E-state index contributed by atoms with van der Waals surface area (Å²) < 4.78 is 11.5. The minimum atomic E-state index is -1.75. The summed E-state index contributed by atoms with van der Waals surface area (Å²) in [5, 5.41) is 0. The molecule has 0 fully saturated rings. The van der Waals surface area contributed by atoms with Crippen LogP contribution in [0.25, 0.3) is 0 Å². The molecular weight excluding hydrogens is 263 g/mol. The molecule has 0 amide bonds. The molecule has 0 atom stereocenters. The van der Waals surface area contributed by atoms with Crippen molar-refractivity contribution in [3.05, 3.63) is 0 Å². The fraction of sp³-hybridized carbons (Fsp3) is 1.00. The van der Waals surface area contributed by atoms with Gasteiger partial charge in [-0.25, -0.2) is 0 Å². The van der Waals surface area contributed by atoms with Crippen LogP contribution >= 0.6 is 7.14 Å². The smallest absolute Gasteiger partial charge is 0.0819 e. The molecule has 0 aliphatic carbocycles. The van der Waals surface area contributed by atoms with Crippen molar-refractivity contribution in [1.82, 2.24) is 0 Å². The Morgan fingerprint density at radius 1 is 0.650 bits per heavy atom. The Morgan fingerprint density at radius 3 is 1.35 bits per heavy atom. The fourth-order valence-electron chi connectivity index (χ4n) is 2.64. The molecule has 0 aliphatic rings. The van der Waals surface area contributed by atoms with Gasteiger partial charge in [0.2, 0.25) is 0 Å². The number of unbranched alkanes of at least 4 members (excludes halogenated alkanes) is 10. The lowest BCUT2D eigenvalue weighted by Crippen LogP contribution is -1.88. The van der Waals surface area contributed by atoms with Gasteiger partial charge in [0.25, 0.3) is 0 Å². The van der Waals surface area contributed by atoms with Crippen LogP contribution in [0.15, 0.2) is 0 Å². The lowest BCUT2D eigenvalue weighted by molar-refractivity contribution is 0.504. The molecule has 0 aromatic carbocycles. The van der Waals surface area contributed by atoms with Crippen molar-refractivity contribution in [2.24, 2.45) is 5.92 Å². The molecule has 122 valence electrons. The molecule has 0 heterocycles. The van der Waals surface area contributed by atoms with Crippen molar-refractivity contribution in [2.45, 2.75) is 90.9 Å². The highest BCUT2D eigenvalue weighted by Gasteiger charge is 2.05. The van der Waals surface area contributed by atoms with E-state index in [2.05, 4.69) is 13.8 Å². The molecule has 2 heteroatoms. The van der Waals surface area contributed by atoms with E-state index in [0.717, 1.165) is 12.1 Å². The molecule has 20 heavy (non-hydrogen) atoms. The van der Waals surface area contributed by atoms with Crippen LogP contribution in [-0.4, -0.2) is 19.5 Å². The highest BCUT2D eigenvalue weighted by Crippen LogP contribution is 2.36. The van der Waals surface area contributed by atoms with Gasteiger partial charge in [0.15, 0.2) is 0 Å². The molecule has 0 rings (SSSR count). The molecule has 0 saturated carbocycles. The van der Waals surface area contributed by atoms with E-state index in [1.165, 1.54) is 77.0 Å². The second-order valence-corrected chi connectivity index (χ2v) is 11.0. The molecule has 0 saturated heterocycles. The maximum absolute atomic E-state index is 11.5. The van der Waals surface area contributed by atoms with E-state index >= 15 is 0 Å². The van der Waals surface area contributed by atoms with Gasteiger partial charge in [0.1, 0.15) is 0 Å². The Balaban J connectivity index is 3.05. The Morgan fingerprint density at radius 2 is 1.00 bits per heavy atom. The van der Waals surface area contributed by atoms with E-state index in [1.807, 2.05) is 13.3 Å². The summed E-state index contributed by atoms with van der Waals surface area (Å²) in [6.07, 6.45) is 17.5. The maximum Gasteiger partial charge on any atom is 0.0819 e. The van der Waals surface area contributed by atoms with Crippen LogP contribution < -0.4 is 0 Å². The predicted molar refractivity (Wildman–Crippen MR) is 94.6 cm³/mol. The average molecular weight is 302 g/mol. The Labute approximate surface area is 128 Å². The first kappa shape index (κ1) is 20.2. The Kier molecular flexibility index (Phi) is 13.1. The van der Waals surface area contributed by atoms with Crippen molar-refractivity contribution in [3.63, 3.8) is 0 Å². The molecule has 0 N–H and O–H groups in total. The molecule has 1 nitrogen and oxygen atoms in total. The largest absolute Gasteiger partial charge is 0.324 e. The standard InChI is InChI=1S/C18H39OP/c1-18(2)16-14-12-10-8-6-5-7-9-11-13-15-17-20(3,4)19/h18H,5-17H2,1-4H3. The third kappa shape index (κ3) is 18.2. The van der Waals surface area contributed by atoms with Gasteiger partial charge >= 0.3 is 0 Å². The van der Waals surface area contributed by atoms with Crippen molar-refractivity contribution >= 4 is 7.14 Å². The first-order valence-corrected chi connectivity index (χ1v) is 11.7. The lowest BCUT2D eigenvalue weighted by atomic mass is 10.0. The summed E-state index contributed by atoms with van der Waals surface area (Å²) in [6.45, 7) is 8.46. The first-order chi connectivity index (χ1) is 9.42. The Hall–Kier alpha value is 0.230. The summed E-state index contributed by atoms with van der Waals surface area (Å²) in [7, 11) is -1.75. The topological polar surface area (TPSA) is 17.1 Å². The van der Waals surface area contributed by atoms with Crippen LogP contribution in [0.1, 0.15) is 90.9 Å². The summed E-state index contributed by atoms with van der Waals surface area (Å²) in [5.41, 5.74) is 0. The van der Waals surface area contributed by atoms with Crippen LogP contribution in [0.4, 0.5) is 0 Å². The highest BCUT2D eigenvalue weighted by molar-refractivity contribution is 7.62. The van der Waals surface area contributed by atoms with Gasteiger partial charge in [0.05, 0.1) is 7.14 Å². The zero-order valence-electron chi connectivity index (χ0n) is 14.6. The molecule has 0 aromatic rings. The third-order valence-electron chi connectivity index (χ3n) is 3.98. The van der Waals surface area contributed by atoms with Gasteiger partial charge in [-0.15, -0.1) is 0 Å². The van der Waals surface area contributed by atoms with Crippen LogP contribution in [-0.2, 0) is 4.57 Å². The number of hydrogen-bond acceptors (Lipinski definition) is 1. The van der Waals surface area contributed by atoms with Crippen molar-refractivity contribution in [3.8, 4) is 0 Å². The van der Waals surface area contributed by atoms with Crippen LogP contribution in [0.5, 0.6) is 0 Å². The quantitative estimate of drug-likeness (QED) is 0.251. The summed E-state index contributed by atoms with van der Waals surface area (Å²) >= 11 is 0. The third-order valence-corrected chi connectivity index (χ3v) is 5.37. The van der Waals surface area contributed by atoms with E-state index in [9.17, 15) is 4.57 Å². The monoisotopic (exact) mass is 302 g/mol. The van der Waals surface area contributed by atoms with Crippen molar-refractivity contribution in [1.29, 1.82) is 0 Å². The summed E-state index contributed by atoms with van der Waals surface area (Å²) in [6, 6.07) is 0. The molecule has 0 spiro atoms. The van der Waals surface area contributed by atoms with Crippen molar-refractivity contribution < 1.29 is 4.57 Å². The van der Waals surface area contributed by atoms with Crippen LogP contribution in [0.3, 0.4) is 0 Å². The molecule has 0 unspecified atom stereocenters. The van der Waals surface area contributed by atoms with Gasteiger partial charge in [-0.2, -0.15) is 0 Å². The van der Waals surface area contributed by atoms with Gasteiger partial charge in [-0.3, -0.25) is 0 Å². The van der Waals surface area contributed by atoms with E-state index in [4.69, 9.17) is 0 Å². The molecular formula is C18H39OP. The first-order valence-electron chi connectivity index (χ1n) is 8.96. The zero-order chi connectivity index (χ0) is 15.3. The van der Waals surface area contributed by atoms with E-state index < -0.39 is 7.14 Å². The van der Waals surface area contributed by atoms with Gasteiger partial charge in [-0.05, 0) is 25.7 Å². The second-order valence-electron chi connectivity index (χ2n) is 7.37. The summed E-state index contributed by atoms with van der Waals surface area (Å²) in [4.78, 5) is 0. The average Bonchev–Trinajstić information content (AvgIpc) is 2.33. The van der Waals surface area contributed by atoms with Crippen molar-refractivity contribution in [2.75, 3.05) is 19.5 Å². The van der Waals surface area contributed by atoms with E-state index in [-0.39, 0.29) is 0 Å². The van der Waals surface area contributed by atoms with Crippen LogP contribution in [0.2, 0.25) is 0 Å². The molecule has 0 aromatic heterocycles. The zero-order valence-corrected chi connectivity index (χ0v) is 15.5. The molecule has 0 aliphatic heterocycles. The second kappa shape index (κ2) is 12.9. The lowest BCUT2D eigenvalue weighted by Gasteiger charge is -2.06. The molecule has 0 radical (unpaired) electrons. The van der Waals surface area contributed by atoms with Gasteiger partial charge < -0.3 is 4.57 Å². The Bertz CT molecular complexity index is 242. The van der Waals surface area contributed by atoms with E-state index in [1.54, 1.807) is 0 Å². The molecule has 0 bridgehead atoms. The predicted octanol–water partition coefficient (Wildman–Crippen LogP) is 6.95. The fourth-order valence-corrected chi connectivity index (χ4v) is 3.62. The summed E-state index contributed by atoms with van der Waals surface area (Å²) in [5.74, 6) is 0.879. The maximum atomic E-state index is 11.5. The SMILES string of the molecule is CC(C)CCCCCCCCCCCCCP(C)(C)=O. The van der Waals surface area contributed by atoms with E-state index in [0.29, 0.717) is 0 Å². The minimum absolute atomic E-state index is 0.879. The van der Waals surface area contributed by atoms with Crippen LogP contribution in [0, 0.1) is 5.92 Å². The van der Waals surface area contributed by atoms with Gasteiger partial charge in [0, 0.05) is 6.16 Å². The normalized spacial score (nSPS) is 12.2. The van der Waals surface area contributed by atoms with Gasteiger partial charge in [-0.1, -0.05) is 84.5 Å².